The van der Waals surface area contributed by atoms with Gasteiger partial charge in [-0.05, 0) is 109 Å². The first kappa shape index (κ1) is 38.1. The summed E-state index contributed by atoms with van der Waals surface area (Å²) in [5.41, 5.74) is 18.4. The summed E-state index contributed by atoms with van der Waals surface area (Å²) in [6, 6.07) is 81.4. The van der Waals surface area contributed by atoms with Crippen molar-refractivity contribution in [3.05, 3.63) is 236 Å². The average molecular weight is 842 g/mol. The molecule has 0 unspecified atom stereocenters. The van der Waals surface area contributed by atoms with E-state index in [4.69, 9.17) is 9.97 Å². The molecule has 2 heterocycles. The minimum atomic E-state index is -0.151. The maximum Gasteiger partial charge on any atom is 0.160 e. The van der Waals surface area contributed by atoms with Crippen molar-refractivity contribution in [3.8, 4) is 73.0 Å². The van der Waals surface area contributed by atoms with E-state index >= 15 is 0 Å². The number of benzene rings is 10. The van der Waals surface area contributed by atoms with Crippen LogP contribution in [0.2, 0.25) is 0 Å². The van der Waals surface area contributed by atoms with Crippen LogP contribution in [0.3, 0.4) is 0 Å². The fourth-order valence-electron chi connectivity index (χ4n) is 10.7. The lowest BCUT2D eigenvalue weighted by molar-refractivity contribution is 0.661. The molecule has 0 fully saturated rings. The zero-order valence-corrected chi connectivity index (χ0v) is 36.7. The van der Waals surface area contributed by atoms with Gasteiger partial charge in [0.05, 0.1) is 22.4 Å². The Morgan fingerprint density at radius 3 is 1.76 bits per heavy atom. The first-order valence-corrected chi connectivity index (χ1v) is 22.8. The highest BCUT2D eigenvalue weighted by Gasteiger charge is 2.37. The van der Waals surface area contributed by atoms with E-state index in [0.29, 0.717) is 5.82 Å². The van der Waals surface area contributed by atoms with Crippen LogP contribution in [-0.2, 0) is 5.41 Å². The molecular weight excluding hydrogens is 799 g/mol. The second-order valence-corrected chi connectivity index (χ2v) is 18.2. The van der Waals surface area contributed by atoms with Gasteiger partial charge in [-0.3, -0.25) is 0 Å². The minimum Gasteiger partial charge on any atom is -0.309 e. The van der Waals surface area contributed by atoms with Crippen molar-refractivity contribution in [2.75, 3.05) is 0 Å². The van der Waals surface area contributed by atoms with Gasteiger partial charge in [0.1, 0.15) is 0 Å². The van der Waals surface area contributed by atoms with E-state index in [1.54, 1.807) is 0 Å². The van der Waals surface area contributed by atoms with Crippen molar-refractivity contribution in [2.24, 2.45) is 0 Å². The highest BCUT2D eigenvalue weighted by molar-refractivity contribution is 6.14. The lowest BCUT2D eigenvalue weighted by Crippen LogP contribution is -2.14. The molecule has 0 radical (unpaired) electrons. The van der Waals surface area contributed by atoms with Crippen LogP contribution in [0, 0.1) is 0 Å². The molecule has 0 N–H and O–H groups in total. The van der Waals surface area contributed by atoms with E-state index in [0.717, 1.165) is 39.2 Å². The van der Waals surface area contributed by atoms with Crippen LogP contribution in [0.4, 0.5) is 0 Å². The molecule has 0 atom stereocenters. The lowest BCUT2D eigenvalue weighted by Gasteiger charge is -2.22. The van der Waals surface area contributed by atoms with Gasteiger partial charge in [-0.1, -0.05) is 190 Å². The summed E-state index contributed by atoms with van der Waals surface area (Å²) in [6.45, 7) is 4.70. The number of fused-ring (bicyclic) bond motifs is 8. The van der Waals surface area contributed by atoms with Gasteiger partial charge in [-0.25, -0.2) is 9.97 Å². The Bertz CT molecular complexity index is 3880. The highest BCUT2D eigenvalue weighted by Crippen LogP contribution is 2.53. The molecule has 13 rings (SSSR count). The van der Waals surface area contributed by atoms with Crippen LogP contribution in [0.1, 0.15) is 25.0 Å². The Hall–Kier alpha value is -8.40. The van der Waals surface area contributed by atoms with Gasteiger partial charge in [0, 0.05) is 44.1 Å². The fraction of sp³-hybridized carbons (Fsp3) is 0.0476. The topological polar surface area (TPSA) is 30.7 Å². The number of rotatable bonds is 6. The quantitative estimate of drug-likeness (QED) is 0.167. The van der Waals surface area contributed by atoms with Gasteiger partial charge >= 0.3 is 0 Å². The molecule has 3 nitrogen and oxygen atoms in total. The summed E-state index contributed by atoms with van der Waals surface area (Å²) in [5.74, 6) is 0.716. The zero-order chi connectivity index (χ0) is 43.9. The molecule has 10 aromatic carbocycles. The highest BCUT2D eigenvalue weighted by atomic mass is 15.0. The molecule has 0 spiro atoms. The smallest absolute Gasteiger partial charge is 0.160 e. The molecule has 1 aliphatic carbocycles. The minimum absolute atomic E-state index is 0.151. The summed E-state index contributed by atoms with van der Waals surface area (Å²) >= 11 is 0. The van der Waals surface area contributed by atoms with Gasteiger partial charge in [0.15, 0.2) is 5.82 Å². The van der Waals surface area contributed by atoms with Crippen molar-refractivity contribution in [3.63, 3.8) is 0 Å². The van der Waals surface area contributed by atoms with Crippen LogP contribution >= 0.6 is 0 Å². The van der Waals surface area contributed by atoms with E-state index in [1.807, 2.05) is 6.07 Å². The van der Waals surface area contributed by atoms with Gasteiger partial charge in [-0.15, -0.1) is 0 Å². The Balaban J connectivity index is 0.879. The third kappa shape index (κ3) is 6.04. The Kier molecular flexibility index (Phi) is 8.56. The molecule has 0 saturated carbocycles. The largest absolute Gasteiger partial charge is 0.309 e. The van der Waals surface area contributed by atoms with Crippen molar-refractivity contribution in [2.45, 2.75) is 19.3 Å². The van der Waals surface area contributed by atoms with Gasteiger partial charge in [0.25, 0.3) is 0 Å². The third-order valence-electron chi connectivity index (χ3n) is 14.0. The van der Waals surface area contributed by atoms with Gasteiger partial charge < -0.3 is 4.57 Å². The molecule has 1 aliphatic rings. The molecule has 0 bridgehead atoms. The summed E-state index contributed by atoms with van der Waals surface area (Å²) in [7, 11) is 0. The number of hydrogen-bond acceptors (Lipinski definition) is 2. The van der Waals surface area contributed by atoms with Crippen LogP contribution in [0.25, 0.3) is 116 Å². The van der Waals surface area contributed by atoms with Crippen molar-refractivity contribution >= 4 is 43.4 Å². The van der Waals surface area contributed by atoms with Crippen molar-refractivity contribution in [1.29, 1.82) is 0 Å². The van der Waals surface area contributed by atoms with Crippen molar-refractivity contribution < 1.29 is 0 Å². The lowest BCUT2D eigenvalue weighted by atomic mass is 9.81. The SMILES string of the molecule is CC1(C)c2cc3ccccc3cc2-c2c(-c3cc(-c4ccc5cc(-c6ccc(-c7cccc8c9ccccc9n(-c9ccccc9)c78)cc6)ccc5c4)nc(-c4ccccc4)n3)cccc21. The maximum absolute atomic E-state index is 5.32. The van der Waals surface area contributed by atoms with Gasteiger partial charge in [0.2, 0.25) is 0 Å². The zero-order valence-electron chi connectivity index (χ0n) is 36.7. The molecule has 66 heavy (non-hydrogen) atoms. The van der Waals surface area contributed by atoms with E-state index < -0.39 is 0 Å². The number of nitrogens with zero attached hydrogens (tertiary/aromatic N) is 3. The van der Waals surface area contributed by atoms with Crippen LogP contribution in [0.5, 0.6) is 0 Å². The van der Waals surface area contributed by atoms with Crippen molar-refractivity contribution in [1.82, 2.24) is 14.5 Å². The van der Waals surface area contributed by atoms with E-state index in [2.05, 4.69) is 237 Å². The monoisotopic (exact) mass is 841 g/mol. The second-order valence-electron chi connectivity index (χ2n) is 18.2. The van der Waals surface area contributed by atoms with E-state index in [-0.39, 0.29) is 5.41 Å². The summed E-state index contributed by atoms with van der Waals surface area (Å²) in [5, 5.41) is 7.38. The molecule has 2 aromatic heterocycles. The number of hydrogen-bond donors (Lipinski definition) is 0. The number of para-hydroxylation sites is 3. The molecular formula is C63H43N3. The second kappa shape index (κ2) is 14.8. The van der Waals surface area contributed by atoms with Crippen LogP contribution in [0.15, 0.2) is 224 Å². The standard InChI is InChI=1S/C63H43N3/c1-63(2)55-25-14-24-53(60(55)54-37-43-17-9-10-18-44(43)38-56(54)63)58-39-57(64-62(65-58)42-15-5-3-6-16-42)48-34-33-46-35-45(31-32-47(46)36-48)40-27-29-41(30-28-40)50-22-13-23-52-51-21-11-12-26-59(51)66(61(50)52)49-19-7-4-8-20-49/h3-39H,1-2H3. The summed E-state index contributed by atoms with van der Waals surface area (Å²) in [6.07, 6.45) is 0. The first-order chi connectivity index (χ1) is 32.5. The van der Waals surface area contributed by atoms with E-state index in [9.17, 15) is 0 Å². The molecule has 12 aromatic rings. The molecule has 0 amide bonds. The molecule has 0 saturated heterocycles. The van der Waals surface area contributed by atoms with Crippen LogP contribution in [-0.4, -0.2) is 14.5 Å². The van der Waals surface area contributed by atoms with Crippen LogP contribution < -0.4 is 0 Å². The maximum atomic E-state index is 5.32. The predicted molar refractivity (Wildman–Crippen MR) is 276 cm³/mol. The summed E-state index contributed by atoms with van der Waals surface area (Å²) < 4.78 is 2.41. The van der Waals surface area contributed by atoms with E-state index in [1.165, 1.54) is 82.5 Å². The molecule has 0 aliphatic heterocycles. The fourth-order valence-corrected chi connectivity index (χ4v) is 10.7. The average Bonchev–Trinajstić information content (AvgIpc) is 3.83. The Morgan fingerprint density at radius 2 is 0.955 bits per heavy atom. The Morgan fingerprint density at radius 1 is 0.364 bits per heavy atom. The van der Waals surface area contributed by atoms with Gasteiger partial charge in [-0.2, -0.15) is 0 Å². The normalized spacial score (nSPS) is 12.8. The Labute approximate surface area is 384 Å². The summed E-state index contributed by atoms with van der Waals surface area (Å²) in [4.78, 5) is 10.6. The third-order valence-corrected chi connectivity index (χ3v) is 14.0. The number of aromatic nitrogens is 3. The predicted octanol–water partition coefficient (Wildman–Crippen LogP) is 16.5. The molecule has 3 heteroatoms. The first-order valence-electron chi connectivity index (χ1n) is 22.8. The molecule has 310 valence electrons.